The molecule has 0 aromatic carbocycles. The van der Waals surface area contributed by atoms with Crippen LogP contribution < -0.4 is 5.32 Å². The lowest BCUT2D eigenvalue weighted by atomic mass is 9.93. The number of ether oxygens (including phenoxy) is 2. The van der Waals surface area contributed by atoms with Gasteiger partial charge in [-0.3, -0.25) is 0 Å². The summed E-state index contributed by atoms with van der Waals surface area (Å²) < 4.78 is 11.0. The molecule has 1 fully saturated rings. The van der Waals surface area contributed by atoms with Gasteiger partial charge in [-0.05, 0) is 13.0 Å². The zero-order valence-corrected chi connectivity index (χ0v) is 10.4. The second kappa shape index (κ2) is 5.42. The molecule has 1 saturated heterocycles. The molecule has 94 valence electrons. The first-order valence-electron chi connectivity index (χ1n) is 6.01. The molecule has 0 atom stereocenters. The normalized spacial score (nSPS) is 18.9. The maximum absolute atomic E-state index is 5.67. The van der Waals surface area contributed by atoms with Crippen LogP contribution in [0, 0.1) is 0 Å². The van der Waals surface area contributed by atoms with E-state index in [0.29, 0.717) is 13.2 Å². The Bertz CT molecular complexity index is 365. The molecule has 1 aromatic rings. The zero-order valence-electron chi connectivity index (χ0n) is 10.4. The highest BCUT2D eigenvalue weighted by molar-refractivity contribution is 5.33. The smallest absolute Gasteiger partial charge is 0.162 e. The number of nitrogens with zero attached hydrogens (tertiary/aromatic N) is 2. The van der Waals surface area contributed by atoms with Crippen molar-refractivity contribution in [1.29, 1.82) is 0 Å². The Kier molecular flexibility index (Phi) is 3.91. The van der Waals surface area contributed by atoms with Crippen LogP contribution in [0.1, 0.15) is 25.6 Å². The van der Waals surface area contributed by atoms with Gasteiger partial charge < -0.3 is 14.8 Å². The third-order valence-corrected chi connectivity index (χ3v) is 3.11. The molecule has 0 amide bonds. The Morgan fingerprint density at radius 2 is 2.24 bits per heavy atom. The van der Waals surface area contributed by atoms with Crippen LogP contribution in [0.5, 0.6) is 0 Å². The van der Waals surface area contributed by atoms with Crippen molar-refractivity contribution in [2.24, 2.45) is 0 Å². The van der Waals surface area contributed by atoms with Crippen molar-refractivity contribution in [1.82, 2.24) is 9.97 Å². The van der Waals surface area contributed by atoms with Crippen molar-refractivity contribution in [2.75, 3.05) is 32.2 Å². The van der Waals surface area contributed by atoms with E-state index in [9.17, 15) is 0 Å². The van der Waals surface area contributed by atoms with E-state index < -0.39 is 0 Å². The van der Waals surface area contributed by atoms with Crippen LogP contribution in [-0.4, -0.2) is 36.8 Å². The summed E-state index contributed by atoms with van der Waals surface area (Å²) >= 11 is 0. The van der Waals surface area contributed by atoms with Gasteiger partial charge >= 0.3 is 0 Å². The maximum atomic E-state index is 5.67. The van der Waals surface area contributed by atoms with E-state index in [2.05, 4.69) is 15.3 Å². The molecule has 17 heavy (non-hydrogen) atoms. The highest BCUT2D eigenvalue weighted by Gasteiger charge is 2.37. The zero-order chi connectivity index (χ0) is 12.1. The fraction of sp³-hybridized carbons (Fsp3) is 0.667. The molecular weight excluding hydrogens is 218 g/mol. The van der Waals surface area contributed by atoms with Crippen LogP contribution in [0.3, 0.4) is 0 Å². The summed E-state index contributed by atoms with van der Waals surface area (Å²) in [6.07, 6.45) is 3.38. The van der Waals surface area contributed by atoms with Crippen LogP contribution in [0.4, 0.5) is 5.82 Å². The Balaban J connectivity index is 2.26. The predicted molar refractivity (Wildman–Crippen MR) is 64.9 cm³/mol. The lowest BCUT2D eigenvalue weighted by Gasteiger charge is -2.34. The van der Waals surface area contributed by atoms with Crippen LogP contribution in [0.2, 0.25) is 0 Å². The van der Waals surface area contributed by atoms with Crippen molar-refractivity contribution in [3.63, 3.8) is 0 Å². The molecule has 5 heteroatoms. The highest BCUT2D eigenvalue weighted by atomic mass is 16.5. The number of hydrogen-bond acceptors (Lipinski definition) is 5. The molecule has 1 aromatic heterocycles. The van der Waals surface area contributed by atoms with Gasteiger partial charge in [0.1, 0.15) is 11.4 Å². The van der Waals surface area contributed by atoms with Gasteiger partial charge in [0.15, 0.2) is 5.82 Å². The Morgan fingerprint density at radius 3 is 2.88 bits per heavy atom. The summed E-state index contributed by atoms with van der Waals surface area (Å²) in [6, 6.07) is 1.87. The SMILES string of the molecule is CCNc1ccnc(C2(OC)CCOCC2)n1. The number of aromatic nitrogens is 2. The molecule has 2 rings (SSSR count). The molecule has 0 radical (unpaired) electrons. The average Bonchev–Trinajstić information content (AvgIpc) is 2.40. The van der Waals surface area contributed by atoms with Crippen molar-refractivity contribution < 1.29 is 9.47 Å². The lowest BCUT2D eigenvalue weighted by molar-refractivity contribution is -0.0999. The molecule has 0 bridgehead atoms. The molecule has 0 saturated carbocycles. The average molecular weight is 237 g/mol. The van der Waals surface area contributed by atoms with E-state index in [0.717, 1.165) is 31.0 Å². The standard InChI is InChI=1S/C12H19N3O2/c1-3-13-10-4-7-14-11(15-10)12(16-2)5-8-17-9-6-12/h4,7H,3,5-6,8-9H2,1-2H3,(H,13,14,15). The van der Waals surface area contributed by atoms with Gasteiger partial charge in [-0.15, -0.1) is 0 Å². The largest absolute Gasteiger partial charge is 0.381 e. The molecule has 1 N–H and O–H groups in total. The third kappa shape index (κ3) is 2.56. The van der Waals surface area contributed by atoms with Crippen molar-refractivity contribution in [3.05, 3.63) is 18.1 Å². The fourth-order valence-corrected chi connectivity index (χ4v) is 2.08. The first-order valence-corrected chi connectivity index (χ1v) is 6.01. The summed E-state index contributed by atoms with van der Waals surface area (Å²) in [6.45, 7) is 4.28. The summed E-state index contributed by atoms with van der Waals surface area (Å²) in [5, 5.41) is 3.19. The van der Waals surface area contributed by atoms with Crippen molar-refractivity contribution in [2.45, 2.75) is 25.4 Å². The molecular formula is C12H19N3O2. The second-order valence-electron chi connectivity index (χ2n) is 4.11. The lowest BCUT2D eigenvalue weighted by Crippen LogP contribution is -2.37. The number of nitrogens with one attached hydrogen (secondary N) is 1. The summed E-state index contributed by atoms with van der Waals surface area (Å²) in [4.78, 5) is 8.88. The quantitative estimate of drug-likeness (QED) is 0.861. The summed E-state index contributed by atoms with van der Waals surface area (Å²) in [7, 11) is 1.72. The van der Waals surface area contributed by atoms with E-state index in [1.165, 1.54) is 0 Å². The van der Waals surface area contributed by atoms with E-state index in [-0.39, 0.29) is 5.60 Å². The van der Waals surface area contributed by atoms with Gasteiger partial charge in [-0.2, -0.15) is 0 Å². The van der Waals surface area contributed by atoms with Gasteiger partial charge in [0.25, 0.3) is 0 Å². The van der Waals surface area contributed by atoms with Crippen molar-refractivity contribution in [3.8, 4) is 0 Å². The van der Waals surface area contributed by atoms with E-state index in [1.807, 2.05) is 13.0 Å². The number of anilines is 1. The first-order chi connectivity index (χ1) is 8.30. The number of methoxy groups -OCH3 is 1. The van der Waals surface area contributed by atoms with Gasteiger partial charge in [0, 0.05) is 45.9 Å². The van der Waals surface area contributed by atoms with Gasteiger partial charge in [0.2, 0.25) is 0 Å². The number of rotatable bonds is 4. The molecule has 0 spiro atoms. The van der Waals surface area contributed by atoms with Crippen LogP contribution in [0.25, 0.3) is 0 Å². The first kappa shape index (κ1) is 12.3. The second-order valence-corrected chi connectivity index (χ2v) is 4.11. The van der Waals surface area contributed by atoms with Gasteiger partial charge in [-0.25, -0.2) is 9.97 Å². The fourth-order valence-electron chi connectivity index (χ4n) is 2.08. The van der Waals surface area contributed by atoms with E-state index in [1.54, 1.807) is 13.3 Å². The van der Waals surface area contributed by atoms with Gasteiger partial charge in [0.05, 0.1) is 0 Å². The van der Waals surface area contributed by atoms with Crippen LogP contribution in [-0.2, 0) is 15.1 Å². The van der Waals surface area contributed by atoms with E-state index in [4.69, 9.17) is 9.47 Å². The predicted octanol–water partition coefficient (Wildman–Crippen LogP) is 1.56. The van der Waals surface area contributed by atoms with Crippen LogP contribution in [0.15, 0.2) is 12.3 Å². The minimum Gasteiger partial charge on any atom is -0.381 e. The monoisotopic (exact) mass is 237 g/mol. The summed E-state index contributed by atoms with van der Waals surface area (Å²) in [5.74, 6) is 1.60. The minimum absolute atomic E-state index is 0.385. The number of hydrogen-bond donors (Lipinski definition) is 1. The minimum atomic E-state index is -0.385. The maximum Gasteiger partial charge on any atom is 0.162 e. The third-order valence-electron chi connectivity index (χ3n) is 3.11. The molecule has 1 aliphatic heterocycles. The topological polar surface area (TPSA) is 56.3 Å². The summed E-state index contributed by atoms with van der Waals surface area (Å²) in [5.41, 5.74) is -0.385. The van der Waals surface area contributed by atoms with Gasteiger partial charge in [-0.1, -0.05) is 0 Å². The molecule has 0 aliphatic carbocycles. The molecule has 1 aliphatic rings. The Hall–Kier alpha value is -1.20. The van der Waals surface area contributed by atoms with Crippen molar-refractivity contribution >= 4 is 5.82 Å². The molecule has 2 heterocycles. The Labute approximate surface area is 102 Å². The Morgan fingerprint density at radius 1 is 1.47 bits per heavy atom. The molecule has 0 unspecified atom stereocenters. The highest BCUT2D eigenvalue weighted by Crippen LogP contribution is 2.33. The molecule has 5 nitrogen and oxygen atoms in total. The van der Waals surface area contributed by atoms with Crippen LogP contribution >= 0.6 is 0 Å². The van der Waals surface area contributed by atoms with E-state index >= 15 is 0 Å².